The van der Waals surface area contributed by atoms with Crippen LogP contribution in [0, 0.1) is 5.82 Å². The fraction of sp³-hybridized carbons (Fsp3) is 0.100. The average molecular weight is 287 g/mol. The van der Waals surface area contributed by atoms with Crippen LogP contribution in [-0.2, 0) is 0 Å². The van der Waals surface area contributed by atoms with Crippen LogP contribution in [0.15, 0.2) is 34.2 Å². The number of aromatic nitrogens is 1. The Labute approximate surface area is 99.1 Å². The van der Waals surface area contributed by atoms with Crippen molar-refractivity contribution < 1.29 is 4.39 Å². The Kier molecular flexibility index (Phi) is 3.14. The third-order valence-corrected chi connectivity index (χ3v) is 3.95. The molecule has 0 aliphatic carbocycles. The van der Waals surface area contributed by atoms with Crippen LogP contribution in [0.2, 0.25) is 0 Å². The molecular weight excluding hydrogens is 279 g/mol. The van der Waals surface area contributed by atoms with Crippen LogP contribution in [0.4, 0.5) is 4.39 Å². The highest BCUT2D eigenvalue weighted by atomic mass is 79.9. The van der Waals surface area contributed by atoms with Crippen LogP contribution in [0.1, 0.15) is 16.6 Å². The summed E-state index contributed by atoms with van der Waals surface area (Å²) in [6, 6.07) is 4.60. The van der Waals surface area contributed by atoms with E-state index in [1.807, 2.05) is 11.4 Å². The van der Waals surface area contributed by atoms with E-state index in [9.17, 15) is 4.39 Å². The standard InChI is InChI=1S/C10H8BrFN2S/c11-7-3-4-15-10(7)9(13)8-2-1-6(12)5-14-8/h1-5,9H,13H2. The van der Waals surface area contributed by atoms with Crippen molar-refractivity contribution in [1.29, 1.82) is 0 Å². The fourth-order valence-electron chi connectivity index (χ4n) is 1.23. The van der Waals surface area contributed by atoms with Gasteiger partial charge in [0.15, 0.2) is 0 Å². The Hall–Kier alpha value is -0.780. The molecule has 0 spiro atoms. The van der Waals surface area contributed by atoms with Gasteiger partial charge in [0, 0.05) is 9.35 Å². The second-order valence-corrected chi connectivity index (χ2v) is 4.81. The predicted molar refractivity (Wildman–Crippen MR) is 62.2 cm³/mol. The summed E-state index contributed by atoms with van der Waals surface area (Å²) < 4.78 is 13.6. The summed E-state index contributed by atoms with van der Waals surface area (Å²) in [6.07, 6.45) is 1.18. The molecule has 2 aromatic heterocycles. The quantitative estimate of drug-likeness (QED) is 0.921. The lowest BCUT2D eigenvalue weighted by Crippen LogP contribution is -2.12. The first-order chi connectivity index (χ1) is 7.18. The van der Waals surface area contributed by atoms with Crippen LogP contribution in [0.3, 0.4) is 0 Å². The Morgan fingerprint density at radius 1 is 1.40 bits per heavy atom. The lowest BCUT2D eigenvalue weighted by Gasteiger charge is -2.09. The molecule has 2 aromatic rings. The molecule has 2 heterocycles. The van der Waals surface area contributed by atoms with Crippen molar-refractivity contribution in [3.63, 3.8) is 0 Å². The third-order valence-electron chi connectivity index (χ3n) is 2.00. The topological polar surface area (TPSA) is 38.9 Å². The normalized spacial score (nSPS) is 12.7. The number of nitrogens with two attached hydrogens (primary N) is 1. The van der Waals surface area contributed by atoms with Crippen LogP contribution >= 0.6 is 27.3 Å². The molecule has 0 fully saturated rings. The van der Waals surface area contributed by atoms with Gasteiger partial charge in [-0.3, -0.25) is 4.98 Å². The van der Waals surface area contributed by atoms with Gasteiger partial charge in [-0.05, 0) is 39.5 Å². The Morgan fingerprint density at radius 3 is 2.73 bits per heavy atom. The highest BCUT2D eigenvalue weighted by Gasteiger charge is 2.14. The molecule has 1 atom stereocenters. The summed E-state index contributed by atoms with van der Waals surface area (Å²) in [4.78, 5) is 4.96. The van der Waals surface area contributed by atoms with E-state index in [-0.39, 0.29) is 11.9 Å². The van der Waals surface area contributed by atoms with Crippen molar-refractivity contribution in [2.24, 2.45) is 5.73 Å². The third kappa shape index (κ3) is 2.25. The molecule has 0 aromatic carbocycles. The first-order valence-corrected chi connectivity index (χ1v) is 5.95. The Bertz CT molecular complexity index is 455. The van der Waals surface area contributed by atoms with Crippen LogP contribution in [0.25, 0.3) is 0 Å². The molecule has 0 amide bonds. The molecule has 0 saturated heterocycles. The van der Waals surface area contributed by atoms with E-state index in [0.717, 1.165) is 9.35 Å². The zero-order valence-electron chi connectivity index (χ0n) is 7.65. The number of pyridine rings is 1. The molecule has 5 heteroatoms. The predicted octanol–water partition coefficient (Wildman–Crippen LogP) is 3.09. The summed E-state index contributed by atoms with van der Waals surface area (Å²) >= 11 is 4.96. The van der Waals surface area contributed by atoms with Gasteiger partial charge in [-0.25, -0.2) is 4.39 Å². The van der Waals surface area contributed by atoms with Gasteiger partial charge in [-0.2, -0.15) is 0 Å². The summed E-state index contributed by atoms with van der Waals surface area (Å²) in [5, 5.41) is 1.95. The van der Waals surface area contributed by atoms with Crippen molar-refractivity contribution in [2.75, 3.05) is 0 Å². The van der Waals surface area contributed by atoms with Gasteiger partial charge in [0.25, 0.3) is 0 Å². The second-order valence-electron chi connectivity index (χ2n) is 3.01. The molecule has 2 nitrogen and oxygen atoms in total. The van der Waals surface area contributed by atoms with E-state index >= 15 is 0 Å². The van der Waals surface area contributed by atoms with Gasteiger partial charge < -0.3 is 5.73 Å². The van der Waals surface area contributed by atoms with Gasteiger partial charge in [-0.15, -0.1) is 11.3 Å². The number of hydrogen-bond donors (Lipinski definition) is 1. The highest BCUT2D eigenvalue weighted by Crippen LogP contribution is 2.30. The average Bonchev–Trinajstić information content (AvgIpc) is 2.65. The van der Waals surface area contributed by atoms with Crippen molar-refractivity contribution in [3.8, 4) is 0 Å². The number of halogens is 2. The smallest absolute Gasteiger partial charge is 0.141 e. The van der Waals surface area contributed by atoms with Crippen LogP contribution in [-0.4, -0.2) is 4.98 Å². The highest BCUT2D eigenvalue weighted by molar-refractivity contribution is 9.10. The van der Waals surface area contributed by atoms with Crippen LogP contribution in [0.5, 0.6) is 0 Å². The summed E-state index contributed by atoms with van der Waals surface area (Å²) in [5.41, 5.74) is 6.67. The zero-order valence-corrected chi connectivity index (χ0v) is 10.1. The number of rotatable bonds is 2. The molecule has 2 N–H and O–H groups in total. The Morgan fingerprint density at radius 2 is 2.20 bits per heavy atom. The van der Waals surface area contributed by atoms with Gasteiger partial charge in [0.1, 0.15) is 5.82 Å². The van der Waals surface area contributed by atoms with Crippen molar-refractivity contribution in [3.05, 3.63) is 50.6 Å². The molecule has 0 radical (unpaired) electrons. The minimum Gasteiger partial charge on any atom is -0.318 e. The maximum Gasteiger partial charge on any atom is 0.141 e. The van der Waals surface area contributed by atoms with Crippen molar-refractivity contribution >= 4 is 27.3 Å². The SMILES string of the molecule is NC(c1ccc(F)cn1)c1sccc1Br. The van der Waals surface area contributed by atoms with Crippen molar-refractivity contribution in [1.82, 2.24) is 4.98 Å². The van der Waals surface area contributed by atoms with E-state index in [1.165, 1.54) is 12.3 Å². The molecule has 2 rings (SSSR count). The minimum absolute atomic E-state index is 0.306. The molecule has 15 heavy (non-hydrogen) atoms. The molecule has 0 saturated carbocycles. The first kappa shape index (κ1) is 10.7. The van der Waals surface area contributed by atoms with E-state index in [2.05, 4.69) is 20.9 Å². The molecule has 0 bridgehead atoms. The zero-order chi connectivity index (χ0) is 10.8. The van der Waals surface area contributed by atoms with E-state index in [4.69, 9.17) is 5.73 Å². The fourth-order valence-corrected chi connectivity index (χ4v) is 2.87. The van der Waals surface area contributed by atoms with Gasteiger partial charge in [0.05, 0.1) is 17.9 Å². The summed E-state index contributed by atoms with van der Waals surface area (Å²) in [5.74, 6) is -0.351. The molecule has 1 unspecified atom stereocenters. The first-order valence-electron chi connectivity index (χ1n) is 4.28. The lowest BCUT2D eigenvalue weighted by molar-refractivity contribution is 0.617. The number of thiophene rings is 1. The minimum atomic E-state index is -0.351. The summed E-state index contributed by atoms with van der Waals surface area (Å²) in [6.45, 7) is 0. The molecule has 78 valence electrons. The van der Waals surface area contributed by atoms with E-state index in [1.54, 1.807) is 17.4 Å². The second kappa shape index (κ2) is 4.38. The van der Waals surface area contributed by atoms with Gasteiger partial charge in [0.2, 0.25) is 0 Å². The molecule has 0 aliphatic rings. The maximum absolute atomic E-state index is 12.7. The Balaban J connectivity index is 2.32. The monoisotopic (exact) mass is 286 g/mol. The van der Waals surface area contributed by atoms with E-state index < -0.39 is 0 Å². The van der Waals surface area contributed by atoms with Crippen LogP contribution < -0.4 is 5.73 Å². The van der Waals surface area contributed by atoms with E-state index in [0.29, 0.717) is 5.69 Å². The molecule has 0 aliphatic heterocycles. The van der Waals surface area contributed by atoms with Gasteiger partial charge >= 0.3 is 0 Å². The maximum atomic E-state index is 12.7. The summed E-state index contributed by atoms with van der Waals surface area (Å²) in [7, 11) is 0. The number of nitrogens with zero attached hydrogens (tertiary/aromatic N) is 1. The molecular formula is C10H8BrFN2S. The number of hydrogen-bond acceptors (Lipinski definition) is 3. The lowest BCUT2D eigenvalue weighted by atomic mass is 10.1. The van der Waals surface area contributed by atoms with Gasteiger partial charge in [-0.1, -0.05) is 0 Å². The largest absolute Gasteiger partial charge is 0.318 e. The van der Waals surface area contributed by atoms with Crippen molar-refractivity contribution in [2.45, 2.75) is 6.04 Å².